The van der Waals surface area contributed by atoms with Crippen molar-refractivity contribution in [1.82, 2.24) is 0 Å². The van der Waals surface area contributed by atoms with Gasteiger partial charge in [-0.3, -0.25) is 19.2 Å². The Hall–Kier alpha value is -3.74. The molecule has 0 aromatic heterocycles. The van der Waals surface area contributed by atoms with E-state index in [4.69, 9.17) is 4.74 Å². The number of hydrogen-bond donors (Lipinski definition) is 0. The van der Waals surface area contributed by atoms with Gasteiger partial charge < -0.3 is 9.64 Å². The summed E-state index contributed by atoms with van der Waals surface area (Å²) in [7, 11) is 0. The summed E-state index contributed by atoms with van der Waals surface area (Å²) in [6, 6.07) is 12.5. The van der Waals surface area contributed by atoms with Crippen LogP contribution >= 0.6 is 0 Å². The molecule has 8 rings (SSSR count). The minimum atomic E-state index is -0.594. The molecule has 2 bridgehead atoms. The number of ether oxygens (including phenoxy) is 1. The standard InChI is InChI=1S/C30H28N2O5/c1-15-8-16(2)10-19(9-15)31-14-17(11-25(31)33)30(36)37-20-5-3-4-18(12-20)32-28(34)26-21-6-7-22(24-13-23(21)24)27(26)29(32)35/h3-10,12,17,21-24,26-27H,11,13-14H2,1-2H3/t17-,21+,22+,23+,24+,26-,27-/m0/s1. The van der Waals surface area contributed by atoms with Gasteiger partial charge in [-0.15, -0.1) is 0 Å². The minimum absolute atomic E-state index is 0.0794. The molecule has 37 heavy (non-hydrogen) atoms. The van der Waals surface area contributed by atoms with Gasteiger partial charge in [-0.2, -0.15) is 0 Å². The highest BCUT2D eigenvalue weighted by Gasteiger charge is 2.67. The first-order chi connectivity index (χ1) is 17.8. The summed E-state index contributed by atoms with van der Waals surface area (Å²) in [5.74, 6) is -0.396. The van der Waals surface area contributed by atoms with Gasteiger partial charge in [0.1, 0.15) is 5.75 Å². The molecule has 2 aromatic carbocycles. The Morgan fingerprint density at radius 2 is 1.51 bits per heavy atom. The third-order valence-corrected chi connectivity index (χ3v) is 8.93. The Balaban J connectivity index is 1.08. The lowest BCUT2D eigenvalue weighted by atomic mass is 9.63. The van der Waals surface area contributed by atoms with Crippen LogP contribution in [0.25, 0.3) is 0 Å². The lowest BCUT2D eigenvalue weighted by Crippen LogP contribution is -2.40. The smallest absolute Gasteiger partial charge is 0.316 e. The van der Waals surface area contributed by atoms with Crippen LogP contribution in [0.4, 0.5) is 11.4 Å². The molecule has 2 aromatic rings. The second kappa shape index (κ2) is 7.88. The number of aryl methyl sites for hydroxylation is 2. The molecule has 7 atom stereocenters. The summed E-state index contributed by atoms with van der Waals surface area (Å²) < 4.78 is 5.67. The average Bonchev–Trinajstić information content (AvgIpc) is 3.53. The van der Waals surface area contributed by atoms with Crippen LogP contribution in [0.2, 0.25) is 0 Å². The van der Waals surface area contributed by atoms with E-state index in [0.717, 1.165) is 23.2 Å². The molecule has 0 radical (unpaired) electrons. The van der Waals surface area contributed by atoms with Crippen molar-refractivity contribution in [2.24, 2.45) is 41.4 Å². The molecule has 2 heterocycles. The molecule has 2 aliphatic heterocycles. The number of esters is 1. The lowest BCUT2D eigenvalue weighted by Gasteiger charge is -2.37. The fourth-order valence-corrected chi connectivity index (χ4v) is 7.32. The van der Waals surface area contributed by atoms with Crippen molar-refractivity contribution in [3.05, 3.63) is 65.7 Å². The van der Waals surface area contributed by atoms with Gasteiger partial charge in [0.05, 0.1) is 23.4 Å². The Bertz CT molecular complexity index is 1360. The molecule has 7 heteroatoms. The van der Waals surface area contributed by atoms with E-state index in [0.29, 0.717) is 17.5 Å². The lowest BCUT2D eigenvalue weighted by molar-refractivity contribution is -0.139. The SMILES string of the molecule is Cc1cc(C)cc(N2C[C@@H](C(=O)Oc3cccc(N4C(=O)[C@H]5[C@@H]6C=C[C@H]([C@H]7C[C@H]67)[C@@H]5C4=O)c3)CC2=O)c1. The van der Waals surface area contributed by atoms with Crippen molar-refractivity contribution in [1.29, 1.82) is 0 Å². The van der Waals surface area contributed by atoms with Crippen LogP contribution in [0.3, 0.4) is 0 Å². The van der Waals surface area contributed by atoms with Crippen LogP contribution in [0.15, 0.2) is 54.6 Å². The summed E-state index contributed by atoms with van der Waals surface area (Å²) in [4.78, 5) is 55.5. The van der Waals surface area contributed by atoms with E-state index >= 15 is 0 Å². The summed E-state index contributed by atoms with van der Waals surface area (Å²) in [5, 5.41) is 0. The summed E-state index contributed by atoms with van der Waals surface area (Å²) in [5.41, 5.74) is 3.32. The van der Waals surface area contributed by atoms with E-state index in [2.05, 4.69) is 12.2 Å². The third-order valence-electron chi connectivity index (χ3n) is 8.93. The number of imide groups is 1. The number of carbonyl (C=O) groups excluding carboxylic acids is 4. The monoisotopic (exact) mass is 496 g/mol. The first-order valence-electron chi connectivity index (χ1n) is 13.1. The number of amides is 3. The van der Waals surface area contributed by atoms with E-state index in [9.17, 15) is 19.2 Å². The van der Waals surface area contributed by atoms with Crippen LogP contribution in [-0.2, 0) is 19.2 Å². The van der Waals surface area contributed by atoms with Gasteiger partial charge in [0.25, 0.3) is 0 Å². The van der Waals surface area contributed by atoms with Crippen LogP contribution in [0.1, 0.15) is 24.0 Å². The molecule has 0 unspecified atom stereocenters. The zero-order chi connectivity index (χ0) is 25.6. The maximum atomic E-state index is 13.4. The van der Waals surface area contributed by atoms with E-state index < -0.39 is 11.9 Å². The van der Waals surface area contributed by atoms with Gasteiger partial charge in [0.15, 0.2) is 0 Å². The van der Waals surface area contributed by atoms with Gasteiger partial charge in [-0.25, -0.2) is 4.90 Å². The van der Waals surface area contributed by atoms with Gasteiger partial charge in [0, 0.05) is 24.7 Å². The minimum Gasteiger partial charge on any atom is -0.426 e. The summed E-state index contributed by atoms with van der Waals surface area (Å²) >= 11 is 0. The Morgan fingerprint density at radius 1 is 0.865 bits per heavy atom. The summed E-state index contributed by atoms with van der Waals surface area (Å²) in [6.45, 7) is 4.21. The zero-order valence-electron chi connectivity index (χ0n) is 20.8. The molecule has 2 saturated heterocycles. The molecule has 4 fully saturated rings. The highest BCUT2D eigenvalue weighted by atomic mass is 16.5. The van der Waals surface area contributed by atoms with Crippen LogP contribution in [-0.4, -0.2) is 30.2 Å². The van der Waals surface area contributed by atoms with Crippen molar-refractivity contribution in [3.63, 3.8) is 0 Å². The molecule has 7 nitrogen and oxygen atoms in total. The first-order valence-corrected chi connectivity index (χ1v) is 13.1. The topological polar surface area (TPSA) is 84.0 Å². The Morgan fingerprint density at radius 3 is 2.16 bits per heavy atom. The van der Waals surface area contributed by atoms with Crippen molar-refractivity contribution >= 4 is 35.1 Å². The van der Waals surface area contributed by atoms with Crippen molar-refractivity contribution in [2.75, 3.05) is 16.3 Å². The highest BCUT2D eigenvalue weighted by molar-refractivity contribution is 6.22. The molecule has 0 spiro atoms. The van der Waals surface area contributed by atoms with Crippen LogP contribution in [0, 0.1) is 55.3 Å². The number of rotatable bonds is 4. The highest BCUT2D eigenvalue weighted by Crippen LogP contribution is 2.65. The number of anilines is 2. The van der Waals surface area contributed by atoms with Crippen molar-refractivity contribution < 1.29 is 23.9 Å². The van der Waals surface area contributed by atoms with Crippen LogP contribution in [0.5, 0.6) is 5.75 Å². The molecular formula is C30H28N2O5. The number of allylic oxidation sites excluding steroid dienone is 2. The normalized spacial score (nSPS) is 33.1. The number of nitrogens with zero attached hydrogens (tertiary/aromatic N) is 2. The van der Waals surface area contributed by atoms with Gasteiger partial charge in [0.2, 0.25) is 17.7 Å². The predicted octanol–water partition coefficient (Wildman–Crippen LogP) is 3.82. The van der Waals surface area contributed by atoms with Crippen LogP contribution < -0.4 is 14.5 Å². The zero-order valence-corrected chi connectivity index (χ0v) is 20.8. The maximum absolute atomic E-state index is 13.4. The van der Waals surface area contributed by atoms with Gasteiger partial charge in [-0.1, -0.05) is 24.3 Å². The van der Waals surface area contributed by atoms with E-state index in [1.807, 2.05) is 32.0 Å². The molecule has 3 amide bonds. The number of benzene rings is 2. The van der Waals surface area contributed by atoms with Crippen molar-refractivity contribution in [3.8, 4) is 5.75 Å². The largest absolute Gasteiger partial charge is 0.426 e. The molecule has 2 saturated carbocycles. The van der Waals surface area contributed by atoms with Gasteiger partial charge in [-0.05, 0) is 79.3 Å². The Labute approximate surface area is 215 Å². The number of carbonyl (C=O) groups is 4. The van der Waals surface area contributed by atoms with Gasteiger partial charge >= 0.3 is 5.97 Å². The van der Waals surface area contributed by atoms with E-state index in [-0.39, 0.29) is 60.1 Å². The third kappa shape index (κ3) is 3.40. The first kappa shape index (κ1) is 22.5. The van der Waals surface area contributed by atoms with E-state index in [1.165, 1.54) is 4.90 Å². The molecular weight excluding hydrogens is 468 g/mol. The second-order valence-corrected chi connectivity index (χ2v) is 11.3. The molecule has 4 aliphatic carbocycles. The molecule has 0 N–H and O–H groups in total. The molecule has 188 valence electrons. The fourth-order valence-electron chi connectivity index (χ4n) is 7.32. The van der Waals surface area contributed by atoms with E-state index in [1.54, 1.807) is 29.2 Å². The quantitative estimate of drug-likeness (QED) is 0.278. The maximum Gasteiger partial charge on any atom is 0.316 e. The predicted molar refractivity (Wildman–Crippen MR) is 136 cm³/mol. The second-order valence-electron chi connectivity index (χ2n) is 11.3. The molecule has 6 aliphatic rings. The summed E-state index contributed by atoms with van der Waals surface area (Å²) in [6.07, 6.45) is 5.50. The fraction of sp³-hybridized carbons (Fsp3) is 0.400. The Kier molecular flexibility index (Phi) is 4.78. The number of hydrogen-bond acceptors (Lipinski definition) is 5. The van der Waals surface area contributed by atoms with Crippen molar-refractivity contribution in [2.45, 2.75) is 26.7 Å². The average molecular weight is 497 g/mol.